The minimum Gasteiger partial charge on any atom is -0.467 e. The molecule has 28 heavy (non-hydrogen) atoms. The van der Waals surface area contributed by atoms with E-state index >= 15 is 0 Å². The molecule has 1 aliphatic rings. The average Bonchev–Trinajstić information content (AvgIpc) is 3.25. The summed E-state index contributed by atoms with van der Waals surface area (Å²) in [6, 6.07) is 8.61. The molecule has 0 spiro atoms. The zero-order valence-electron chi connectivity index (χ0n) is 15.5. The maximum absolute atomic E-state index is 13.3. The van der Waals surface area contributed by atoms with Gasteiger partial charge in [-0.2, -0.15) is 0 Å². The van der Waals surface area contributed by atoms with Crippen molar-refractivity contribution in [3.8, 4) is 0 Å². The van der Waals surface area contributed by atoms with Crippen LogP contribution in [0.4, 0.5) is 4.39 Å². The molecule has 146 valence electrons. The maximum Gasteiger partial charge on any atom is 0.230 e. The number of carbonyl (C=O) groups is 1. The normalized spacial score (nSPS) is 13.6. The number of benzene rings is 1. The van der Waals surface area contributed by atoms with Crippen LogP contribution in [0.1, 0.15) is 41.5 Å². The summed E-state index contributed by atoms with van der Waals surface area (Å²) in [5, 5.41) is 12.2. The van der Waals surface area contributed by atoms with Crippen LogP contribution >= 0.6 is 11.8 Å². The van der Waals surface area contributed by atoms with Gasteiger partial charge < -0.3 is 9.73 Å². The van der Waals surface area contributed by atoms with Crippen molar-refractivity contribution in [1.29, 1.82) is 0 Å². The summed E-state index contributed by atoms with van der Waals surface area (Å²) in [5.41, 5.74) is 1.44. The Morgan fingerprint density at radius 2 is 2.21 bits per heavy atom. The fourth-order valence-electron chi connectivity index (χ4n) is 2.96. The highest BCUT2D eigenvalue weighted by Crippen LogP contribution is 2.40. The van der Waals surface area contributed by atoms with Crippen molar-refractivity contribution in [3.63, 3.8) is 0 Å². The third-order valence-corrected chi connectivity index (χ3v) is 5.59. The van der Waals surface area contributed by atoms with E-state index in [1.54, 1.807) is 25.3 Å². The number of furan rings is 1. The van der Waals surface area contributed by atoms with Gasteiger partial charge in [-0.1, -0.05) is 23.9 Å². The molecule has 1 fully saturated rings. The Hall–Kier alpha value is -2.61. The van der Waals surface area contributed by atoms with Gasteiger partial charge in [-0.25, -0.2) is 4.39 Å². The molecule has 0 saturated heterocycles. The van der Waals surface area contributed by atoms with Gasteiger partial charge in [0.15, 0.2) is 5.16 Å². The van der Waals surface area contributed by atoms with Crippen molar-refractivity contribution in [2.24, 2.45) is 0 Å². The van der Waals surface area contributed by atoms with E-state index in [4.69, 9.17) is 4.42 Å². The van der Waals surface area contributed by atoms with Gasteiger partial charge in [-0.15, -0.1) is 10.2 Å². The molecule has 4 rings (SSSR count). The number of hydrogen-bond acceptors (Lipinski definition) is 5. The lowest BCUT2D eigenvalue weighted by molar-refractivity contribution is -0.118. The quantitative estimate of drug-likeness (QED) is 0.584. The zero-order chi connectivity index (χ0) is 19.5. The fourth-order valence-corrected chi connectivity index (χ4v) is 3.73. The Morgan fingerprint density at radius 3 is 2.93 bits per heavy atom. The van der Waals surface area contributed by atoms with Crippen LogP contribution in [0, 0.1) is 12.7 Å². The molecule has 8 heteroatoms. The molecule has 1 aliphatic carbocycles. The molecular weight excluding hydrogens is 379 g/mol. The van der Waals surface area contributed by atoms with Gasteiger partial charge in [-0.3, -0.25) is 9.36 Å². The molecule has 0 bridgehead atoms. The summed E-state index contributed by atoms with van der Waals surface area (Å²) < 4.78 is 20.8. The largest absolute Gasteiger partial charge is 0.467 e. The van der Waals surface area contributed by atoms with Crippen molar-refractivity contribution in [3.05, 3.63) is 65.1 Å². The minimum absolute atomic E-state index is 0.104. The van der Waals surface area contributed by atoms with Gasteiger partial charge in [0.05, 0.1) is 18.6 Å². The van der Waals surface area contributed by atoms with Crippen LogP contribution in [-0.2, 0) is 17.9 Å². The lowest BCUT2D eigenvalue weighted by Gasteiger charge is -2.09. The predicted molar refractivity (Wildman–Crippen MR) is 104 cm³/mol. The van der Waals surface area contributed by atoms with Crippen molar-refractivity contribution < 1.29 is 13.6 Å². The number of nitrogens with one attached hydrogen (secondary N) is 1. The summed E-state index contributed by atoms with van der Waals surface area (Å²) in [7, 11) is 0. The Balaban J connectivity index is 1.36. The number of carbonyl (C=O) groups excluding carboxylic acids is 1. The maximum atomic E-state index is 13.3. The number of aryl methyl sites for hydroxylation is 1. The molecule has 6 nitrogen and oxygen atoms in total. The number of aromatic nitrogens is 3. The number of amides is 1. The van der Waals surface area contributed by atoms with E-state index < -0.39 is 0 Å². The second-order valence-electron chi connectivity index (χ2n) is 6.93. The second-order valence-corrected chi connectivity index (χ2v) is 7.87. The van der Waals surface area contributed by atoms with E-state index in [-0.39, 0.29) is 17.5 Å². The van der Waals surface area contributed by atoms with Crippen molar-refractivity contribution in [1.82, 2.24) is 20.1 Å². The van der Waals surface area contributed by atoms with Crippen LogP contribution in [-0.4, -0.2) is 26.4 Å². The number of nitrogens with zero attached hydrogens (tertiary/aromatic N) is 3. The van der Waals surface area contributed by atoms with Gasteiger partial charge >= 0.3 is 0 Å². The van der Waals surface area contributed by atoms with E-state index in [2.05, 4.69) is 15.5 Å². The molecule has 1 N–H and O–H groups in total. The molecule has 1 amide bonds. The molecule has 0 unspecified atom stereocenters. The monoisotopic (exact) mass is 400 g/mol. The summed E-state index contributed by atoms with van der Waals surface area (Å²) in [6.45, 7) is 2.64. The summed E-state index contributed by atoms with van der Waals surface area (Å²) >= 11 is 1.36. The number of hydrogen-bond donors (Lipinski definition) is 1. The molecule has 1 saturated carbocycles. The Labute approximate surface area is 166 Å². The Kier molecular flexibility index (Phi) is 5.47. The summed E-state index contributed by atoms with van der Waals surface area (Å²) in [6.07, 6.45) is 3.89. The van der Waals surface area contributed by atoms with Crippen LogP contribution in [0.15, 0.2) is 46.2 Å². The fraction of sp³-hybridized carbons (Fsp3) is 0.350. The highest BCUT2D eigenvalue weighted by molar-refractivity contribution is 7.99. The third-order valence-electron chi connectivity index (χ3n) is 4.63. The van der Waals surface area contributed by atoms with Crippen LogP contribution in [0.2, 0.25) is 0 Å². The zero-order valence-corrected chi connectivity index (χ0v) is 16.3. The molecule has 2 heterocycles. The van der Waals surface area contributed by atoms with Crippen molar-refractivity contribution in [2.75, 3.05) is 5.75 Å². The van der Waals surface area contributed by atoms with E-state index in [0.717, 1.165) is 30.0 Å². The first-order valence-electron chi connectivity index (χ1n) is 9.20. The summed E-state index contributed by atoms with van der Waals surface area (Å²) in [5.74, 6) is 2.13. The lowest BCUT2D eigenvalue weighted by atomic mass is 10.1. The van der Waals surface area contributed by atoms with Gasteiger partial charge in [0.1, 0.15) is 17.4 Å². The first kappa shape index (κ1) is 18.7. The smallest absolute Gasteiger partial charge is 0.230 e. The number of rotatable bonds is 8. The van der Waals surface area contributed by atoms with E-state index in [1.165, 1.54) is 17.8 Å². The Bertz CT molecular complexity index is 967. The molecular formula is C20H21FN4O2S. The van der Waals surface area contributed by atoms with E-state index in [1.807, 2.05) is 16.7 Å². The van der Waals surface area contributed by atoms with E-state index in [9.17, 15) is 9.18 Å². The van der Waals surface area contributed by atoms with Gasteiger partial charge in [0.2, 0.25) is 5.91 Å². The molecule has 1 aromatic carbocycles. The second kappa shape index (κ2) is 8.18. The van der Waals surface area contributed by atoms with Crippen LogP contribution < -0.4 is 5.32 Å². The standard InChI is InChI=1S/C20H21FN4O2S/c1-13-9-14(4-7-17(13)21)10-22-18(26)12-28-20-24-23-19(15-5-6-15)25(20)11-16-3-2-8-27-16/h2-4,7-9,15H,5-6,10-12H2,1H3,(H,22,26). The van der Waals surface area contributed by atoms with Crippen molar-refractivity contribution in [2.45, 2.75) is 43.9 Å². The highest BCUT2D eigenvalue weighted by atomic mass is 32.2. The van der Waals surface area contributed by atoms with Gasteiger partial charge in [0, 0.05) is 12.5 Å². The highest BCUT2D eigenvalue weighted by Gasteiger charge is 2.30. The van der Waals surface area contributed by atoms with E-state index in [0.29, 0.717) is 29.7 Å². The van der Waals surface area contributed by atoms with Crippen LogP contribution in [0.25, 0.3) is 0 Å². The molecule has 2 aromatic heterocycles. The molecule has 0 aliphatic heterocycles. The average molecular weight is 400 g/mol. The topological polar surface area (TPSA) is 73.0 Å². The SMILES string of the molecule is Cc1cc(CNC(=O)CSc2nnc(C3CC3)n2Cc2ccco2)ccc1F. The van der Waals surface area contributed by atoms with Gasteiger partial charge in [0.25, 0.3) is 0 Å². The first-order chi connectivity index (χ1) is 13.6. The molecule has 0 atom stereocenters. The number of thioether (sulfide) groups is 1. The molecule has 0 radical (unpaired) electrons. The lowest BCUT2D eigenvalue weighted by Crippen LogP contribution is -2.24. The Morgan fingerprint density at radius 1 is 1.36 bits per heavy atom. The van der Waals surface area contributed by atoms with Crippen LogP contribution in [0.5, 0.6) is 0 Å². The minimum atomic E-state index is -0.243. The number of halogens is 1. The first-order valence-corrected chi connectivity index (χ1v) is 10.2. The van der Waals surface area contributed by atoms with Gasteiger partial charge in [-0.05, 0) is 49.1 Å². The third kappa shape index (κ3) is 4.44. The molecule has 3 aromatic rings. The van der Waals surface area contributed by atoms with Crippen molar-refractivity contribution >= 4 is 17.7 Å². The summed E-state index contributed by atoms with van der Waals surface area (Å²) in [4.78, 5) is 12.2. The van der Waals surface area contributed by atoms with Crippen LogP contribution in [0.3, 0.4) is 0 Å². The predicted octanol–water partition coefficient (Wildman–Crippen LogP) is 3.65.